The van der Waals surface area contributed by atoms with Crippen LogP contribution in [0.3, 0.4) is 0 Å². The molecule has 5 nitrogen and oxygen atoms in total. The van der Waals surface area contributed by atoms with E-state index in [1.54, 1.807) is 0 Å². The maximum absolute atomic E-state index is 14.3. The van der Waals surface area contributed by atoms with Crippen molar-refractivity contribution in [2.45, 2.75) is 13.1 Å². The third-order valence-electron chi connectivity index (χ3n) is 4.30. The van der Waals surface area contributed by atoms with Crippen LogP contribution in [0, 0.1) is 41.5 Å². The molecule has 0 saturated carbocycles. The SMILES string of the molecule is Cc1nn(-c2c(F)c(F)c(C#N)c(F)c2F)c(O)c1C(=O)c1ccc(C(F)(F)F)cc1.[Zn]. The van der Waals surface area contributed by atoms with Crippen LogP contribution in [0.1, 0.15) is 32.7 Å². The standard InChI is InChI=1S/C19H8F7N3O2.Zn/c1-7-11(17(30)8-2-4-9(5-3-8)19(24,25)26)18(31)29(28-7)16-14(22)12(20)10(6-27)13(21)15(16)23;/h2-5,31H,1H3;. The Labute approximate surface area is 187 Å². The first kappa shape index (κ1) is 25.0. The summed E-state index contributed by atoms with van der Waals surface area (Å²) in [5, 5.41) is 22.4. The van der Waals surface area contributed by atoms with Gasteiger partial charge in [0.25, 0.3) is 0 Å². The minimum Gasteiger partial charge on any atom is -0.493 e. The van der Waals surface area contributed by atoms with E-state index in [4.69, 9.17) is 5.26 Å². The Morgan fingerprint density at radius 2 is 1.53 bits per heavy atom. The molecule has 0 radical (unpaired) electrons. The van der Waals surface area contributed by atoms with Gasteiger partial charge < -0.3 is 5.11 Å². The quantitative estimate of drug-likeness (QED) is 0.243. The minimum absolute atomic E-state index is 0. The van der Waals surface area contributed by atoms with E-state index in [1.165, 1.54) is 0 Å². The van der Waals surface area contributed by atoms with E-state index in [2.05, 4.69) is 5.10 Å². The molecule has 0 fully saturated rings. The summed E-state index contributed by atoms with van der Waals surface area (Å²) in [4.78, 5) is 12.6. The van der Waals surface area contributed by atoms with Gasteiger partial charge in [-0.25, -0.2) is 17.6 Å². The van der Waals surface area contributed by atoms with Gasteiger partial charge in [0.2, 0.25) is 5.88 Å². The first-order valence-corrected chi connectivity index (χ1v) is 8.17. The first-order chi connectivity index (χ1) is 14.4. The number of aromatic nitrogens is 2. The van der Waals surface area contributed by atoms with Gasteiger partial charge in [-0.2, -0.15) is 28.2 Å². The zero-order valence-electron chi connectivity index (χ0n) is 15.9. The Balaban J connectivity index is 0.00000363. The molecule has 0 unspecified atom stereocenters. The van der Waals surface area contributed by atoms with Crippen molar-refractivity contribution in [2.24, 2.45) is 0 Å². The van der Waals surface area contributed by atoms with Crippen molar-refractivity contribution in [1.29, 1.82) is 5.26 Å². The van der Waals surface area contributed by atoms with Crippen LogP contribution in [0.5, 0.6) is 5.88 Å². The summed E-state index contributed by atoms with van der Waals surface area (Å²) in [7, 11) is 0. The second kappa shape index (κ2) is 8.70. The topological polar surface area (TPSA) is 78.9 Å². The second-order valence-electron chi connectivity index (χ2n) is 6.19. The number of carbonyl (C=O) groups is 1. The van der Waals surface area contributed by atoms with Crippen LogP contribution in [-0.2, 0) is 25.7 Å². The van der Waals surface area contributed by atoms with Gasteiger partial charge in [-0.15, -0.1) is 0 Å². The Bertz CT molecular complexity index is 1230. The summed E-state index contributed by atoms with van der Waals surface area (Å²) in [5.74, 6) is -10.5. The van der Waals surface area contributed by atoms with Crippen LogP contribution < -0.4 is 0 Å². The van der Waals surface area contributed by atoms with Crippen LogP contribution in [0.15, 0.2) is 24.3 Å². The molecule has 2 aromatic carbocycles. The number of nitrogens with zero attached hydrogens (tertiary/aromatic N) is 3. The molecule has 32 heavy (non-hydrogen) atoms. The summed E-state index contributed by atoms with van der Waals surface area (Å²) >= 11 is 0. The van der Waals surface area contributed by atoms with E-state index in [0.717, 1.165) is 25.1 Å². The number of aryl methyl sites for hydroxylation is 1. The van der Waals surface area contributed by atoms with Gasteiger partial charge in [0.15, 0.2) is 29.1 Å². The van der Waals surface area contributed by atoms with E-state index >= 15 is 0 Å². The molecule has 0 aliphatic heterocycles. The molecule has 0 aliphatic rings. The van der Waals surface area contributed by atoms with Crippen molar-refractivity contribution in [1.82, 2.24) is 9.78 Å². The number of nitriles is 1. The van der Waals surface area contributed by atoms with Crippen LogP contribution in [0.4, 0.5) is 30.7 Å². The molecule has 3 aromatic rings. The molecule has 0 amide bonds. The van der Waals surface area contributed by atoms with Crippen molar-refractivity contribution in [2.75, 3.05) is 0 Å². The zero-order chi connectivity index (χ0) is 23.2. The fraction of sp³-hybridized carbons (Fsp3) is 0.105. The number of hydrogen-bond donors (Lipinski definition) is 1. The van der Waals surface area contributed by atoms with Gasteiger partial charge >= 0.3 is 6.18 Å². The molecule has 162 valence electrons. The summed E-state index contributed by atoms with van der Waals surface area (Å²) in [6.07, 6.45) is -4.66. The van der Waals surface area contributed by atoms with Crippen LogP contribution >= 0.6 is 0 Å². The largest absolute Gasteiger partial charge is 0.493 e. The molecule has 0 aliphatic carbocycles. The number of hydrogen-bond acceptors (Lipinski definition) is 4. The Hall–Kier alpha value is -3.26. The van der Waals surface area contributed by atoms with E-state index in [1.807, 2.05) is 0 Å². The van der Waals surface area contributed by atoms with Crippen LogP contribution in [-0.4, -0.2) is 20.7 Å². The van der Waals surface area contributed by atoms with Gasteiger partial charge in [-0.3, -0.25) is 4.79 Å². The van der Waals surface area contributed by atoms with Gasteiger partial charge in [0.05, 0.1) is 11.3 Å². The number of aromatic hydroxyl groups is 1. The summed E-state index contributed by atoms with van der Waals surface area (Å²) in [5.41, 5.74) is -5.45. The smallest absolute Gasteiger partial charge is 0.416 e. The van der Waals surface area contributed by atoms with Gasteiger partial charge in [0.1, 0.15) is 22.9 Å². The predicted octanol–water partition coefficient (Wildman–Crippen LogP) is 4.56. The average Bonchev–Trinajstić information content (AvgIpc) is 3.00. The van der Waals surface area contributed by atoms with Gasteiger partial charge in [0, 0.05) is 25.0 Å². The number of ketones is 1. The Morgan fingerprint density at radius 3 is 1.97 bits per heavy atom. The summed E-state index contributed by atoms with van der Waals surface area (Å²) in [6, 6.07) is 3.78. The Morgan fingerprint density at radius 1 is 1.03 bits per heavy atom. The number of benzene rings is 2. The molecular weight excluding hydrogens is 501 g/mol. The number of rotatable bonds is 3. The van der Waals surface area contributed by atoms with Crippen molar-refractivity contribution in [3.63, 3.8) is 0 Å². The van der Waals surface area contributed by atoms with Crippen LogP contribution in [0.2, 0.25) is 0 Å². The van der Waals surface area contributed by atoms with E-state index < -0.39 is 63.5 Å². The number of alkyl halides is 3. The van der Waals surface area contributed by atoms with E-state index in [9.17, 15) is 40.6 Å². The average molecular weight is 509 g/mol. The zero-order valence-corrected chi connectivity index (χ0v) is 18.8. The molecule has 0 atom stereocenters. The number of halogens is 7. The molecule has 13 heteroatoms. The van der Waals surface area contributed by atoms with Gasteiger partial charge in [-0.1, -0.05) is 12.1 Å². The molecule has 0 bridgehead atoms. The monoisotopic (exact) mass is 507 g/mol. The Kier molecular flexibility index (Phi) is 6.80. The molecule has 1 aromatic heterocycles. The molecule has 0 saturated heterocycles. The normalized spacial score (nSPS) is 11.1. The molecule has 1 N–H and O–H groups in total. The van der Waals surface area contributed by atoms with Crippen molar-refractivity contribution < 1.29 is 60.1 Å². The van der Waals surface area contributed by atoms with E-state index in [0.29, 0.717) is 12.1 Å². The maximum atomic E-state index is 14.3. The first-order valence-electron chi connectivity index (χ1n) is 8.17. The molecular formula is C19H8F7N3O2Zn. The molecule has 0 spiro atoms. The summed E-state index contributed by atoms with van der Waals surface area (Å²) < 4.78 is 94.4. The van der Waals surface area contributed by atoms with Crippen molar-refractivity contribution >= 4 is 5.78 Å². The molecule has 1 heterocycles. The third-order valence-corrected chi connectivity index (χ3v) is 4.30. The van der Waals surface area contributed by atoms with Gasteiger partial charge in [-0.05, 0) is 19.1 Å². The fourth-order valence-corrected chi connectivity index (χ4v) is 2.80. The number of carbonyl (C=O) groups excluding carboxylic acids is 1. The van der Waals surface area contributed by atoms with Crippen molar-refractivity contribution in [3.05, 3.63) is 75.5 Å². The minimum atomic E-state index is -4.66. The second-order valence-corrected chi connectivity index (χ2v) is 6.19. The van der Waals surface area contributed by atoms with Crippen molar-refractivity contribution in [3.8, 4) is 17.6 Å². The van der Waals surface area contributed by atoms with Crippen LogP contribution in [0.25, 0.3) is 5.69 Å². The molecule has 3 rings (SSSR count). The fourth-order valence-electron chi connectivity index (χ4n) is 2.80. The predicted molar refractivity (Wildman–Crippen MR) is 89.4 cm³/mol. The maximum Gasteiger partial charge on any atom is 0.416 e. The summed E-state index contributed by atoms with van der Waals surface area (Å²) in [6.45, 7) is 1.11. The van der Waals surface area contributed by atoms with E-state index in [-0.39, 0.29) is 35.4 Å². The third kappa shape index (κ3) is 3.98.